The van der Waals surface area contributed by atoms with Crippen LogP contribution in [0.15, 0.2) is 0 Å². The third kappa shape index (κ3) is 11.4. The summed E-state index contributed by atoms with van der Waals surface area (Å²) in [6, 6.07) is 0. The van der Waals surface area contributed by atoms with Crippen LogP contribution in [-0.2, 0) is 20.2 Å². The first kappa shape index (κ1) is 26.8. The third-order valence-corrected chi connectivity index (χ3v) is 7.48. The molecule has 0 aliphatic carbocycles. The summed E-state index contributed by atoms with van der Waals surface area (Å²) in [5.74, 6) is 0. The van der Waals surface area contributed by atoms with Crippen molar-refractivity contribution in [3.8, 4) is 0 Å². The summed E-state index contributed by atoms with van der Waals surface area (Å²) in [7, 11) is -8.88. The fourth-order valence-electron chi connectivity index (χ4n) is 3.49. The maximum Gasteiger partial charge on any atom is 0.281 e. The quantitative estimate of drug-likeness (QED) is 0.259. The standard InChI is InChI=1S/C18H39NO6S2/c1-4-7-8-9-10-11-12-13-14-15-16-19(17(5-2)26(20,21)22)18(6-3)27(23,24)25/h17-18H,4-16H2,1-3H3,(H,20,21,22)(H,23,24,25). The highest BCUT2D eigenvalue weighted by atomic mass is 32.2. The van der Waals surface area contributed by atoms with Gasteiger partial charge in [0.1, 0.15) is 10.7 Å². The molecular formula is C18H39NO6S2. The normalized spacial score (nSPS) is 15.2. The van der Waals surface area contributed by atoms with E-state index in [-0.39, 0.29) is 19.4 Å². The van der Waals surface area contributed by atoms with E-state index in [9.17, 15) is 25.9 Å². The highest BCUT2D eigenvalue weighted by Gasteiger charge is 2.37. The van der Waals surface area contributed by atoms with Crippen LogP contribution in [0.4, 0.5) is 0 Å². The lowest BCUT2D eigenvalue weighted by Crippen LogP contribution is -2.50. The molecule has 0 aliphatic heterocycles. The lowest BCUT2D eigenvalue weighted by Gasteiger charge is -2.33. The van der Waals surface area contributed by atoms with Gasteiger partial charge >= 0.3 is 0 Å². The van der Waals surface area contributed by atoms with E-state index in [4.69, 9.17) is 0 Å². The first-order valence-electron chi connectivity index (χ1n) is 10.3. The smallest absolute Gasteiger partial charge is 0.281 e. The van der Waals surface area contributed by atoms with Crippen LogP contribution in [0.3, 0.4) is 0 Å². The van der Waals surface area contributed by atoms with Crippen molar-refractivity contribution in [2.75, 3.05) is 6.54 Å². The van der Waals surface area contributed by atoms with E-state index in [1.807, 2.05) is 0 Å². The van der Waals surface area contributed by atoms with Gasteiger partial charge in [0.15, 0.2) is 0 Å². The molecule has 0 aromatic carbocycles. The molecule has 0 radical (unpaired) electrons. The molecule has 0 saturated carbocycles. The van der Waals surface area contributed by atoms with Crippen LogP contribution in [0.2, 0.25) is 0 Å². The molecule has 27 heavy (non-hydrogen) atoms. The van der Waals surface area contributed by atoms with Gasteiger partial charge in [0.05, 0.1) is 0 Å². The van der Waals surface area contributed by atoms with Crippen LogP contribution < -0.4 is 0 Å². The number of nitrogens with zero attached hydrogens (tertiary/aromatic N) is 1. The first-order chi connectivity index (χ1) is 12.6. The average molecular weight is 430 g/mol. The molecule has 2 atom stereocenters. The Labute approximate surface area is 166 Å². The second kappa shape index (κ2) is 13.9. The van der Waals surface area contributed by atoms with Gasteiger partial charge in [-0.2, -0.15) is 16.8 Å². The minimum Gasteiger partial charge on any atom is -0.284 e. The number of rotatable bonds is 17. The van der Waals surface area contributed by atoms with Crippen molar-refractivity contribution in [2.45, 2.75) is 109 Å². The van der Waals surface area contributed by atoms with Crippen LogP contribution in [0.5, 0.6) is 0 Å². The zero-order chi connectivity index (χ0) is 20.9. The van der Waals surface area contributed by atoms with Gasteiger partial charge in [-0.15, -0.1) is 0 Å². The van der Waals surface area contributed by atoms with Crippen LogP contribution in [-0.4, -0.2) is 48.1 Å². The molecule has 164 valence electrons. The Hall–Kier alpha value is -0.220. The Morgan fingerprint density at radius 1 is 0.630 bits per heavy atom. The van der Waals surface area contributed by atoms with Crippen molar-refractivity contribution < 1.29 is 25.9 Å². The molecule has 0 saturated heterocycles. The molecule has 0 aromatic heterocycles. The predicted molar refractivity (Wildman–Crippen MR) is 110 cm³/mol. The summed E-state index contributed by atoms with van der Waals surface area (Å²) in [5, 5.41) is -2.66. The largest absolute Gasteiger partial charge is 0.284 e. The van der Waals surface area contributed by atoms with Crippen LogP contribution in [0.1, 0.15) is 97.8 Å². The molecule has 2 unspecified atom stereocenters. The summed E-state index contributed by atoms with van der Waals surface area (Å²) in [4.78, 5) is 1.22. The second-order valence-electron chi connectivity index (χ2n) is 7.18. The molecule has 7 nitrogen and oxygen atoms in total. The Bertz CT molecular complexity index is 537. The number of unbranched alkanes of at least 4 members (excludes halogenated alkanes) is 9. The van der Waals surface area contributed by atoms with Gasteiger partial charge in [0, 0.05) is 6.54 Å². The Balaban J connectivity index is 4.58. The SMILES string of the molecule is CCCCCCCCCCCCN(C(CC)S(=O)(=O)O)C(CC)S(=O)(=O)O. The molecule has 2 N–H and O–H groups in total. The molecule has 0 rings (SSSR count). The second-order valence-corrected chi connectivity index (χ2v) is 10.3. The first-order valence-corrected chi connectivity index (χ1v) is 13.3. The van der Waals surface area contributed by atoms with Crippen molar-refractivity contribution in [3.05, 3.63) is 0 Å². The van der Waals surface area contributed by atoms with Crippen molar-refractivity contribution in [2.24, 2.45) is 0 Å². The fraction of sp³-hybridized carbons (Fsp3) is 1.00. The zero-order valence-corrected chi connectivity index (χ0v) is 18.8. The Morgan fingerprint density at radius 3 is 1.26 bits per heavy atom. The van der Waals surface area contributed by atoms with Crippen molar-refractivity contribution in [1.29, 1.82) is 0 Å². The van der Waals surface area contributed by atoms with Gasteiger partial charge in [-0.05, 0) is 19.3 Å². The van der Waals surface area contributed by atoms with E-state index >= 15 is 0 Å². The molecule has 0 heterocycles. The summed E-state index contributed by atoms with van der Waals surface area (Å²) >= 11 is 0. The van der Waals surface area contributed by atoms with Crippen molar-refractivity contribution in [3.63, 3.8) is 0 Å². The third-order valence-electron chi connectivity index (χ3n) is 4.90. The van der Waals surface area contributed by atoms with E-state index in [0.29, 0.717) is 6.42 Å². The van der Waals surface area contributed by atoms with Crippen molar-refractivity contribution >= 4 is 20.2 Å². The fourth-order valence-corrected chi connectivity index (χ4v) is 5.60. The maximum absolute atomic E-state index is 11.7. The Morgan fingerprint density at radius 2 is 0.963 bits per heavy atom. The summed E-state index contributed by atoms with van der Waals surface area (Å²) < 4.78 is 65.6. The maximum atomic E-state index is 11.7. The van der Waals surface area contributed by atoms with Gasteiger partial charge in [-0.1, -0.05) is 78.6 Å². The molecule has 0 fully saturated rings. The molecule has 0 amide bonds. The molecule has 0 spiro atoms. The minimum atomic E-state index is -4.44. The average Bonchev–Trinajstić information content (AvgIpc) is 2.54. The number of hydrogen-bond donors (Lipinski definition) is 2. The minimum absolute atomic E-state index is 0.0443. The molecule has 0 bridgehead atoms. The topological polar surface area (TPSA) is 112 Å². The van der Waals surface area contributed by atoms with Gasteiger partial charge in [-0.25, -0.2) is 0 Å². The predicted octanol–water partition coefficient (Wildman–Crippen LogP) is 4.46. The van der Waals surface area contributed by atoms with Gasteiger partial charge in [0.25, 0.3) is 20.2 Å². The molecule has 9 heteroatoms. The van der Waals surface area contributed by atoms with Crippen LogP contribution in [0, 0.1) is 0 Å². The van der Waals surface area contributed by atoms with E-state index in [0.717, 1.165) is 19.3 Å². The Kier molecular flexibility index (Phi) is 13.8. The van der Waals surface area contributed by atoms with Crippen molar-refractivity contribution in [1.82, 2.24) is 4.90 Å². The lowest BCUT2D eigenvalue weighted by molar-refractivity contribution is 0.193. The van der Waals surface area contributed by atoms with E-state index < -0.39 is 31.0 Å². The van der Waals surface area contributed by atoms with Gasteiger partial charge in [0.2, 0.25) is 0 Å². The van der Waals surface area contributed by atoms with Crippen LogP contribution >= 0.6 is 0 Å². The molecule has 0 aliphatic rings. The zero-order valence-electron chi connectivity index (χ0n) is 17.1. The number of hydrogen-bond acceptors (Lipinski definition) is 5. The molecular weight excluding hydrogens is 390 g/mol. The highest BCUT2D eigenvalue weighted by Crippen LogP contribution is 2.21. The van der Waals surface area contributed by atoms with Gasteiger partial charge < -0.3 is 0 Å². The van der Waals surface area contributed by atoms with E-state index in [1.54, 1.807) is 13.8 Å². The highest BCUT2D eigenvalue weighted by molar-refractivity contribution is 7.87. The van der Waals surface area contributed by atoms with E-state index in [2.05, 4.69) is 6.92 Å². The lowest BCUT2D eigenvalue weighted by atomic mass is 10.1. The van der Waals surface area contributed by atoms with Gasteiger partial charge in [-0.3, -0.25) is 14.0 Å². The molecule has 0 aromatic rings. The summed E-state index contributed by atoms with van der Waals surface area (Å²) in [6.07, 6.45) is 11.2. The monoisotopic (exact) mass is 429 g/mol. The summed E-state index contributed by atoms with van der Waals surface area (Å²) in [6.45, 7) is 5.54. The summed E-state index contributed by atoms with van der Waals surface area (Å²) in [5.41, 5.74) is 0. The van der Waals surface area contributed by atoms with E-state index in [1.165, 1.54) is 43.4 Å². The van der Waals surface area contributed by atoms with Crippen LogP contribution in [0.25, 0.3) is 0 Å².